The Hall–Kier alpha value is -2.07. The molecule has 0 aromatic heterocycles. The van der Waals surface area contributed by atoms with Crippen molar-refractivity contribution in [3.05, 3.63) is 70.3 Å². The Labute approximate surface area is 145 Å². The number of carbonyl (C=O) groups excluding carboxylic acids is 1. The normalized spacial score (nSPS) is 12.1. The molecule has 0 aliphatic carbocycles. The summed E-state index contributed by atoms with van der Waals surface area (Å²) in [4.78, 5) is 12.0. The summed E-state index contributed by atoms with van der Waals surface area (Å²) in [7, 11) is 0. The number of carbonyl (C=O) groups is 1. The van der Waals surface area contributed by atoms with Crippen molar-refractivity contribution in [2.75, 3.05) is 5.32 Å². The monoisotopic (exact) mass is 372 g/mol. The topological polar surface area (TPSA) is 41.1 Å². The molecule has 2 amide bonds. The summed E-state index contributed by atoms with van der Waals surface area (Å²) >= 11 is 3.39. The average molecular weight is 373 g/mol. The summed E-state index contributed by atoms with van der Waals surface area (Å²) in [5.41, 5.74) is 3.03. The fraction of sp³-hybridized carbons (Fsp3) is 0.211. The van der Waals surface area contributed by atoms with Crippen LogP contribution in [0.25, 0.3) is 6.08 Å². The molecule has 0 aliphatic rings. The van der Waals surface area contributed by atoms with Gasteiger partial charge in [-0.2, -0.15) is 0 Å². The lowest BCUT2D eigenvalue weighted by molar-refractivity contribution is 0.255. The van der Waals surface area contributed by atoms with Crippen molar-refractivity contribution in [3.8, 4) is 0 Å². The molecule has 0 spiro atoms. The third-order valence-corrected chi connectivity index (χ3v) is 4.24. The molecule has 0 fully saturated rings. The summed E-state index contributed by atoms with van der Waals surface area (Å²) in [6.07, 6.45) is 4.53. The zero-order valence-corrected chi connectivity index (χ0v) is 14.9. The first kappa shape index (κ1) is 17.3. The molecular weight excluding hydrogens is 352 g/mol. The van der Waals surface area contributed by atoms with Crippen molar-refractivity contribution >= 4 is 33.7 Å². The molecule has 2 rings (SSSR count). The predicted molar refractivity (Wildman–Crippen MR) is 100 cm³/mol. The summed E-state index contributed by atoms with van der Waals surface area (Å²) in [5, 5.41) is 5.65. The number of nitrogens with one attached hydrogen (secondary N) is 2. The van der Waals surface area contributed by atoms with E-state index in [2.05, 4.69) is 46.5 Å². The molecule has 2 aromatic carbocycles. The number of hydrogen-bond acceptors (Lipinski definition) is 1. The van der Waals surface area contributed by atoms with E-state index in [1.807, 2.05) is 48.5 Å². The summed E-state index contributed by atoms with van der Waals surface area (Å²) < 4.78 is 1.03. The van der Waals surface area contributed by atoms with E-state index >= 15 is 0 Å². The fourth-order valence-corrected chi connectivity index (χ4v) is 2.47. The lowest BCUT2D eigenvalue weighted by Crippen LogP contribution is -2.24. The number of hydrogen-bond donors (Lipinski definition) is 2. The first-order chi connectivity index (χ1) is 11.1. The van der Waals surface area contributed by atoms with Gasteiger partial charge in [-0.05, 0) is 47.7 Å². The van der Waals surface area contributed by atoms with Gasteiger partial charge in [0.2, 0.25) is 0 Å². The largest absolute Gasteiger partial charge is 0.323 e. The van der Waals surface area contributed by atoms with Gasteiger partial charge in [0.15, 0.2) is 0 Å². The van der Waals surface area contributed by atoms with Gasteiger partial charge >= 0.3 is 6.03 Å². The third kappa shape index (κ3) is 5.25. The summed E-state index contributed by atoms with van der Waals surface area (Å²) in [6.45, 7) is 4.30. The van der Waals surface area contributed by atoms with E-state index in [-0.39, 0.29) is 6.03 Å². The second-order valence-electron chi connectivity index (χ2n) is 5.38. The van der Waals surface area contributed by atoms with Gasteiger partial charge in [-0.25, -0.2) is 4.79 Å². The molecule has 120 valence electrons. The smallest absolute Gasteiger partial charge is 0.314 e. The number of amides is 2. The van der Waals surface area contributed by atoms with Crippen LogP contribution in [-0.2, 0) is 0 Å². The van der Waals surface area contributed by atoms with Gasteiger partial charge in [0.1, 0.15) is 0 Å². The Kier molecular flexibility index (Phi) is 6.41. The number of benzene rings is 2. The quantitative estimate of drug-likeness (QED) is 0.688. The van der Waals surface area contributed by atoms with Crippen LogP contribution in [0.5, 0.6) is 0 Å². The molecule has 0 bridgehead atoms. The Morgan fingerprint density at radius 3 is 2.57 bits per heavy atom. The highest BCUT2D eigenvalue weighted by atomic mass is 79.9. The molecule has 3 nitrogen and oxygen atoms in total. The predicted octanol–water partition coefficient (Wildman–Crippen LogP) is 5.76. The van der Waals surface area contributed by atoms with Crippen molar-refractivity contribution in [1.29, 1.82) is 0 Å². The van der Waals surface area contributed by atoms with Gasteiger partial charge in [-0.15, -0.1) is 0 Å². The highest BCUT2D eigenvalue weighted by Crippen LogP contribution is 2.26. The van der Waals surface area contributed by atoms with E-state index in [1.54, 1.807) is 6.20 Å². The Morgan fingerprint density at radius 1 is 1.17 bits per heavy atom. The van der Waals surface area contributed by atoms with Crippen molar-refractivity contribution in [1.82, 2.24) is 5.32 Å². The van der Waals surface area contributed by atoms with Gasteiger partial charge in [-0.3, -0.25) is 0 Å². The second-order valence-corrected chi connectivity index (χ2v) is 6.30. The Morgan fingerprint density at radius 2 is 1.87 bits per heavy atom. The van der Waals surface area contributed by atoms with E-state index in [9.17, 15) is 4.79 Å². The first-order valence-corrected chi connectivity index (χ1v) is 8.48. The fourth-order valence-electron chi connectivity index (χ4n) is 2.21. The number of anilines is 1. The Balaban J connectivity index is 1.96. The molecule has 0 saturated carbocycles. The number of rotatable bonds is 5. The van der Waals surface area contributed by atoms with Crippen molar-refractivity contribution in [3.63, 3.8) is 0 Å². The maximum absolute atomic E-state index is 12.0. The van der Waals surface area contributed by atoms with E-state index in [4.69, 9.17) is 0 Å². The van der Waals surface area contributed by atoms with Crippen LogP contribution in [0.15, 0.2) is 59.2 Å². The minimum atomic E-state index is -0.242. The maximum Gasteiger partial charge on any atom is 0.323 e. The zero-order valence-electron chi connectivity index (χ0n) is 13.3. The van der Waals surface area contributed by atoms with Crippen LogP contribution in [0.2, 0.25) is 0 Å². The summed E-state index contributed by atoms with van der Waals surface area (Å²) in [5.74, 6) is 0.407. The van der Waals surface area contributed by atoms with Crippen molar-refractivity contribution in [2.24, 2.45) is 0 Å². The lowest BCUT2D eigenvalue weighted by atomic mass is 9.97. The van der Waals surface area contributed by atoms with Gasteiger partial charge in [0.25, 0.3) is 0 Å². The molecule has 2 aromatic rings. The van der Waals surface area contributed by atoms with E-state index in [1.165, 1.54) is 0 Å². The molecular formula is C19H21BrN2O. The van der Waals surface area contributed by atoms with Crippen LogP contribution in [0.1, 0.15) is 37.3 Å². The molecule has 0 heterocycles. The van der Waals surface area contributed by atoms with Crippen molar-refractivity contribution in [2.45, 2.75) is 26.2 Å². The Bertz CT molecular complexity index is 680. The molecule has 1 unspecified atom stereocenters. The molecule has 4 heteroatoms. The first-order valence-electron chi connectivity index (χ1n) is 7.68. The van der Waals surface area contributed by atoms with E-state index in [0.717, 1.165) is 27.7 Å². The van der Waals surface area contributed by atoms with E-state index in [0.29, 0.717) is 5.92 Å². The zero-order chi connectivity index (χ0) is 16.7. The highest BCUT2D eigenvalue weighted by Gasteiger charge is 2.09. The molecule has 23 heavy (non-hydrogen) atoms. The minimum absolute atomic E-state index is 0.242. The highest BCUT2D eigenvalue weighted by molar-refractivity contribution is 9.10. The van der Waals surface area contributed by atoms with Gasteiger partial charge in [0, 0.05) is 16.4 Å². The standard InChI is InChI=1S/C19H21BrN2O/c1-3-14(2)17-6-4-5-7-18(17)22-19(23)21-13-12-15-8-10-16(20)11-9-15/h4-14H,3H2,1-2H3,(H2,21,22,23)/b13-12+. The molecule has 0 aliphatic heterocycles. The molecule has 2 N–H and O–H groups in total. The van der Waals surface area contributed by atoms with Crippen LogP contribution in [0.3, 0.4) is 0 Å². The van der Waals surface area contributed by atoms with E-state index < -0.39 is 0 Å². The maximum atomic E-state index is 12.0. The second kappa shape index (κ2) is 8.53. The van der Waals surface area contributed by atoms with Gasteiger partial charge in [0.05, 0.1) is 0 Å². The summed E-state index contributed by atoms with van der Waals surface area (Å²) in [6, 6.07) is 15.5. The minimum Gasteiger partial charge on any atom is -0.314 e. The molecule has 0 saturated heterocycles. The van der Waals surface area contributed by atoms with Crippen LogP contribution >= 0.6 is 15.9 Å². The molecule has 1 atom stereocenters. The number of halogens is 1. The van der Waals surface area contributed by atoms with Crippen molar-refractivity contribution < 1.29 is 4.79 Å². The average Bonchev–Trinajstić information content (AvgIpc) is 2.56. The van der Waals surface area contributed by atoms with Crippen LogP contribution in [0.4, 0.5) is 10.5 Å². The number of urea groups is 1. The third-order valence-electron chi connectivity index (χ3n) is 3.71. The lowest BCUT2D eigenvalue weighted by Gasteiger charge is -2.15. The van der Waals surface area contributed by atoms with Gasteiger partial charge < -0.3 is 10.6 Å². The SMILES string of the molecule is CCC(C)c1ccccc1NC(=O)N/C=C/c1ccc(Br)cc1. The van der Waals surface area contributed by atoms with Crippen LogP contribution in [0, 0.1) is 0 Å². The van der Waals surface area contributed by atoms with Crippen LogP contribution in [-0.4, -0.2) is 6.03 Å². The molecule has 0 radical (unpaired) electrons. The van der Waals surface area contributed by atoms with Gasteiger partial charge in [-0.1, -0.05) is 60.1 Å². The van der Waals surface area contributed by atoms with Crippen LogP contribution < -0.4 is 10.6 Å². The number of para-hydroxylation sites is 1.